The number of amides is 5. The zero-order valence-electron chi connectivity index (χ0n) is 53.5. The molecule has 0 unspecified atom stereocenters. The standard InChI is InChI=1S/C34H43N3O8.C17H22N2O4.C17H23NO5/c1-5-43-31(40)10-7-16-36-28-19-24(13-14-29(28)44-21-30(36)39)37(23-11-12-23)32(41)27-20-35(33(42)45-34(2,3)4)17-15-26(27)22-8-6-9-25(38)18-22;1-2-22-17(21)4-3-9-19-14-10-13(18-12-5-6-12)7-8-15(14)23-11-16(19)20;1-17(2,3)23-16(22)18-8-7-13(14(10-18)15(20)21)11-5-4-6-12(19)9-11/h6,8-9,13-14,18-19,23,26-27,38H,5,7,10-12,15-17,20-21H2,1-4H3;7-8,10,12,18H,2-6,9,11H2,1H3;4-6,9,13-14,19H,7-8,10H2,1-3H3,(H,20,21)/t26-,27+;;13-,14+/m1.1/s1. The number of carbonyl (C=O) groups is 8. The van der Waals surface area contributed by atoms with Gasteiger partial charge in [-0.3, -0.25) is 28.8 Å². The maximum atomic E-state index is 14.6. The first-order valence-electron chi connectivity index (χ1n) is 31.6. The van der Waals surface area contributed by atoms with E-state index in [0.717, 1.165) is 35.3 Å². The molecule has 4 aromatic rings. The predicted octanol–water partition coefficient (Wildman–Crippen LogP) is 10.1. The topological polar surface area (TPSA) is 281 Å². The summed E-state index contributed by atoms with van der Waals surface area (Å²) in [5, 5.41) is 32.8. The summed E-state index contributed by atoms with van der Waals surface area (Å²) in [4.78, 5) is 108. The lowest BCUT2D eigenvalue weighted by molar-refractivity contribution is -0.145. The predicted molar refractivity (Wildman–Crippen MR) is 339 cm³/mol. The van der Waals surface area contributed by atoms with Crippen molar-refractivity contribution in [2.45, 2.75) is 155 Å². The van der Waals surface area contributed by atoms with E-state index in [9.17, 15) is 53.7 Å². The monoisotopic (exact) mass is 1260 g/mol. The van der Waals surface area contributed by atoms with Gasteiger partial charge in [0.05, 0.1) is 36.4 Å². The van der Waals surface area contributed by atoms with E-state index in [2.05, 4.69) is 5.32 Å². The maximum absolute atomic E-state index is 14.6. The lowest BCUT2D eigenvalue weighted by Gasteiger charge is -2.41. The Morgan fingerprint density at radius 3 is 1.53 bits per heavy atom. The highest BCUT2D eigenvalue weighted by Gasteiger charge is 2.45. The minimum absolute atomic E-state index is 0.0187. The summed E-state index contributed by atoms with van der Waals surface area (Å²) in [6.07, 6.45) is 5.64. The van der Waals surface area contributed by atoms with Crippen LogP contribution in [-0.2, 0) is 47.7 Å². The number of esters is 2. The van der Waals surface area contributed by atoms with Gasteiger partial charge >= 0.3 is 30.1 Å². The van der Waals surface area contributed by atoms with E-state index in [1.807, 2.05) is 63.2 Å². The molecule has 492 valence electrons. The largest absolute Gasteiger partial charge is 0.508 e. The van der Waals surface area contributed by atoms with Gasteiger partial charge in [0, 0.05) is 81.5 Å². The molecule has 2 saturated carbocycles. The van der Waals surface area contributed by atoms with Gasteiger partial charge in [0.25, 0.3) is 11.8 Å². The van der Waals surface area contributed by atoms with Crippen LogP contribution in [0.4, 0.5) is 32.3 Å². The van der Waals surface area contributed by atoms with Crippen LogP contribution in [0.25, 0.3) is 0 Å². The number of hydrogen-bond donors (Lipinski definition) is 4. The smallest absolute Gasteiger partial charge is 0.410 e. The summed E-state index contributed by atoms with van der Waals surface area (Å²) in [5.74, 6) is -2.23. The molecule has 4 N–H and O–H groups in total. The Morgan fingerprint density at radius 2 is 1.08 bits per heavy atom. The lowest BCUT2D eigenvalue weighted by Crippen LogP contribution is -2.51. The second kappa shape index (κ2) is 30.4. The average molecular weight is 1260 g/mol. The van der Waals surface area contributed by atoms with E-state index in [-0.39, 0.29) is 91.8 Å². The first kappa shape index (κ1) is 68.2. The van der Waals surface area contributed by atoms with Crippen molar-refractivity contribution in [1.29, 1.82) is 0 Å². The first-order valence-corrected chi connectivity index (χ1v) is 31.6. The van der Waals surface area contributed by atoms with Crippen molar-refractivity contribution < 1.29 is 82.1 Å². The lowest BCUT2D eigenvalue weighted by atomic mass is 9.79. The normalized spacial score (nSPS) is 19.5. The molecule has 10 rings (SSSR count). The Morgan fingerprint density at radius 1 is 0.604 bits per heavy atom. The molecular formula is C68H88N6O17. The summed E-state index contributed by atoms with van der Waals surface area (Å²) in [6.45, 7) is 16.8. The molecule has 91 heavy (non-hydrogen) atoms. The van der Waals surface area contributed by atoms with E-state index in [4.69, 9.17) is 28.4 Å². The molecule has 4 heterocycles. The number of aliphatic carboxylic acids is 1. The number of anilines is 4. The number of nitrogens with one attached hydrogen (secondary N) is 1. The van der Waals surface area contributed by atoms with Crippen LogP contribution < -0.4 is 29.5 Å². The molecular weight excluding hydrogens is 1170 g/mol. The highest BCUT2D eigenvalue weighted by Crippen LogP contribution is 2.44. The molecule has 0 aromatic heterocycles. The summed E-state index contributed by atoms with van der Waals surface area (Å²) < 4.78 is 32.1. The SMILES string of the molecule is CC(C)(C)OC(=O)N1CC[C@H](c2cccc(O)c2)[C@@H](C(=O)O)C1.CCOC(=O)CCCN1C(=O)COc2ccc(N(C(=O)[C@H]3CN(C(=O)OC(C)(C)C)CC[C@@H]3c3cccc(O)c3)C3CC3)cc21.CCOC(=O)CCCN1C(=O)COc2ccc(NC3CC3)cc21. The van der Waals surface area contributed by atoms with Gasteiger partial charge in [-0.05, 0) is 184 Å². The number of carbonyl (C=O) groups excluding carboxylic acids is 7. The first-order chi connectivity index (χ1) is 43.3. The van der Waals surface area contributed by atoms with E-state index in [1.165, 1.54) is 17.7 Å². The van der Waals surface area contributed by atoms with Crippen molar-refractivity contribution in [2.75, 3.05) is 85.7 Å². The van der Waals surface area contributed by atoms with Gasteiger partial charge in [0.1, 0.15) is 34.2 Å². The average Bonchev–Trinajstić information content (AvgIpc) is 1.81. The number of benzene rings is 4. The van der Waals surface area contributed by atoms with E-state index in [1.54, 1.807) is 96.7 Å². The quantitative estimate of drug-likeness (QED) is 0.0532. The van der Waals surface area contributed by atoms with E-state index < -0.39 is 41.2 Å². The van der Waals surface area contributed by atoms with Crippen LogP contribution in [0.1, 0.15) is 143 Å². The Balaban J connectivity index is 0.000000194. The number of phenols is 2. The molecule has 0 spiro atoms. The highest BCUT2D eigenvalue weighted by molar-refractivity contribution is 6.02. The van der Waals surface area contributed by atoms with E-state index in [0.29, 0.717) is 100 Å². The zero-order chi connectivity index (χ0) is 65.7. The molecule has 4 fully saturated rings. The fourth-order valence-electron chi connectivity index (χ4n) is 11.5. The van der Waals surface area contributed by atoms with Crippen LogP contribution in [0.2, 0.25) is 0 Å². The summed E-state index contributed by atoms with van der Waals surface area (Å²) in [5.41, 5.74) is 3.29. The molecule has 6 aliphatic rings. The van der Waals surface area contributed by atoms with Crippen molar-refractivity contribution >= 4 is 70.6 Å². The van der Waals surface area contributed by atoms with Crippen LogP contribution in [-0.4, -0.2) is 162 Å². The third kappa shape index (κ3) is 19.1. The van der Waals surface area contributed by atoms with Gasteiger partial charge in [-0.1, -0.05) is 24.3 Å². The fourth-order valence-corrected chi connectivity index (χ4v) is 11.5. The third-order valence-electron chi connectivity index (χ3n) is 16.1. The molecule has 2 saturated heterocycles. The van der Waals surface area contributed by atoms with Crippen LogP contribution >= 0.6 is 0 Å². The second-order valence-electron chi connectivity index (χ2n) is 25.6. The Bertz CT molecular complexity index is 3260. The Kier molecular flexibility index (Phi) is 22.7. The number of aromatic hydroxyl groups is 2. The third-order valence-corrected chi connectivity index (χ3v) is 16.1. The Hall–Kier alpha value is -8.76. The highest BCUT2D eigenvalue weighted by atomic mass is 16.6. The number of piperidine rings is 2. The van der Waals surface area contributed by atoms with Crippen LogP contribution in [0.3, 0.4) is 0 Å². The van der Waals surface area contributed by atoms with Gasteiger partial charge in [0.2, 0.25) is 5.91 Å². The molecule has 0 radical (unpaired) electrons. The molecule has 23 heteroatoms. The minimum atomic E-state index is -0.952. The minimum Gasteiger partial charge on any atom is -0.508 e. The molecule has 23 nitrogen and oxygen atoms in total. The number of likely N-dealkylation sites (tertiary alicyclic amines) is 2. The van der Waals surface area contributed by atoms with Crippen molar-refractivity contribution in [3.63, 3.8) is 0 Å². The number of ether oxygens (including phenoxy) is 6. The summed E-state index contributed by atoms with van der Waals surface area (Å²) >= 11 is 0. The molecule has 2 aliphatic carbocycles. The number of carboxylic acids is 1. The number of rotatable bonds is 18. The number of fused-ring (bicyclic) bond motifs is 2. The fraction of sp³-hybridized carbons (Fsp3) is 0.529. The van der Waals surface area contributed by atoms with Crippen molar-refractivity contribution in [1.82, 2.24) is 9.80 Å². The number of phenolic OH excluding ortho intramolecular Hbond substituents is 2. The van der Waals surface area contributed by atoms with Crippen LogP contribution in [0.5, 0.6) is 23.0 Å². The zero-order valence-corrected chi connectivity index (χ0v) is 53.5. The summed E-state index contributed by atoms with van der Waals surface area (Å²) in [6, 6.07) is 25.4. The van der Waals surface area contributed by atoms with Gasteiger partial charge in [-0.15, -0.1) is 0 Å². The van der Waals surface area contributed by atoms with Gasteiger partial charge < -0.3 is 73.6 Å². The van der Waals surface area contributed by atoms with Gasteiger partial charge in [-0.2, -0.15) is 0 Å². The molecule has 5 amide bonds. The van der Waals surface area contributed by atoms with Crippen LogP contribution in [0, 0.1) is 11.8 Å². The van der Waals surface area contributed by atoms with Crippen molar-refractivity contribution in [2.24, 2.45) is 11.8 Å². The maximum Gasteiger partial charge on any atom is 0.410 e. The number of hydrogen-bond acceptors (Lipinski definition) is 17. The molecule has 0 bridgehead atoms. The van der Waals surface area contributed by atoms with Crippen molar-refractivity contribution in [3.8, 4) is 23.0 Å². The van der Waals surface area contributed by atoms with Crippen LogP contribution in [0.15, 0.2) is 84.9 Å². The van der Waals surface area contributed by atoms with Gasteiger partial charge in [0.15, 0.2) is 13.2 Å². The number of nitrogens with zero attached hydrogens (tertiary/aromatic N) is 5. The molecule has 4 atom stereocenters. The van der Waals surface area contributed by atoms with Crippen molar-refractivity contribution in [3.05, 3.63) is 96.1 Å². The van der Waals surface area contributed by atoms with Gasteiger partial charge in [-0.25, -0.2) is 9.59 Å². The molecule has 4 aromatic carbocycles. The number of carboxylic acid groups (broad SMARTS) is 1. The Labute approximate surface area is 531 Å². The van der Waals surface area contributed by atoms with E-state index >= 15 is 0 Å². The molecule has 4 aliphatic heterocycles. The summed E-state index contributed by atoms with van der Waals surface area (Å²) in [7, 11) is 0. The second-order valence-corrected chi connectivity index (χ2v) is 25.6.